The molecule has 0 amide bonds. The van der Waals surface area contributed by atoms with Crippen molar-refractivity contribution in [1.82, 2.24) is 0 Å². The minimum atomic E-state index is -2.39. The molecule has 0 saturated heterocycles. The van der Waals surface area contributed by atoms with Crippen molar-refractivity contribution in [2.24, 2.45) is 0 Å². The first kappa shape index (κ1) is 26.2. The Hall–Kier alpha value is 3.29. The maximum absolute atomic E-state index is 10.2. The molecule has 0 aromatic heterocycles. The third-order valence-electron chi connectivity index (χ3n) is 2.70. The summed E-state index contributed by atoms with van der Waals surface area (Å²) in [6.45, 7) is 2.66. The Bertz CT molecular complexity index is 181. The molecule has 0 aliphatic rings. The topological polar surface area (TPSA) is 46.5 Å². The van der Waals surface area contributed by atoms with Crippen LogP contribution in [-0.2, 0) is 9.09 Å². The summed E-state index contributed by atoms with van der Waals surface area (Å²) < 4.78 is 14.8. The summed E-state index contributed by atoms with van der Waals surface area (Å²) in [6.07, 6.45) is 12.7. The average molecular weight is 330 g/mol. The van der Waals surface area contributed by atoms with Gasteiger partial charge in [0.25, 0.3) is 0 Å². The molecule has 3 nitrogen and oxygen atoms in total. The normalized spacial score (nSPS) is 10.4. The molecule has 0 spiro atoms. The largest absolute Gasteiger partial charge is 1.00 e. The van der Waals surface area contributed by atoms with E-state index >= 15 is 0 Å². The van der Waals surface area contributed by atoms with E-state index in [1.807, 2.05) is 0 Å². The van der Waals surface area contributed by atoms with Crippen LogP contribution in [0.5, 0.6) is 0 Å². The van der Waals surface area contributed by atoms with Crippen LogP contribution in [0, 0.1) is 0 Å². The Morgan fingerprint density at radius 1 is 0.889 bits per heavy atom. The summed E-state index contributed by atoms with van der Waals surface area (Å²) in [7, 11) is -2.39. The second kappa shape index (κ2) is 22.6. The maximum atomic E-state index is 10.2. The Kier molecular flexibility index (Phi) is 32.9. The van der Waals surface area contributed by atoms with Crippen molar-refractivity contribution in [2.45, 2.75) is 71.1 Å². The van der Waals surface area contributed by atoms with E-state index in [2.05, 4.69) is 11.4 Å². The van der Waals surface area contributed by atoms with Crippen molar-refractivity contribution in [3.8, 4) is 0 Å². The van der Waals surface area contributed by atoms with E-state index in [0.717, 1.165) is 12.8 Å². The summed E-state index contributed by atoms with van der Waals surface area (Å²) in [5.74, 6) is 0. The standard InChI is InChI=1S/C12H25O3P.2K.2H/c1-2-3-4-5-6-7-8-9-10-11-12-15-16(13)14;;;;/h2-12H2,1H3;;;;/q;2*+1;2*-1/p+1. The van der Waals surface area contributed by atoms with Gasteiger partial charge in [0, 0.05) is 4.57 Å². The molecule has 1 N–H and O–H groups in total. The molecule has 0 rings (SSSR count). The van der Waals surface area contributed by atoms with Crippen molar-refractivity contribution in [3.63, 3.8) is 0 Å². The van der Waals surface area contributed by atoms with Gasteiger partial charge in [-0.1, -0.05) is 64.7 Å². The summed E-state index contributed by atoms with van der Waals surface area (Å²) in [6, 6.07) is 0. The van der Waals surface area contributed by atoms with Gasteiger partial charge < -0.3 is 2.85 Å². The zero-order chi connectivity index (χ0) is 12.1. The van der Waals surface area contributed by atoms with E-state index in [0.29, 0.717) is 6.61 Å². The average Bonchev–Trinajstić information content (AvgIpc) is 2.25. The minimum Gasteiger partial charge on any atom is -1.00 e. The first-order valence-electron chi connectivity index (χ1n) is 6.56. The molecule has 0 aromatic rings. The van der Waals surface area contributed by atoms with Gasteiger partial charge in [0.05, 0.1) is 0 Å². The molecule has 0 fully saturated rings. The monoisotopic (exact) mass is 329 g/mol. The third kappa shape index (κ3) is 24.3. The SMILES string of the molecule is CCCCCCCCCCCCO[P+](=O)O.[H-].[H-].[K+].[K+]. The number of unbranched alkanes of at least 4 members (excludes halogenated alkanes) is 9. The molecule has 1 unspecified atom stereocenters. The first-order valence-corrected chi connectivity index (χ1v) is 7.69. The van der Waals surface area contributed by atoms with Crippen molar-refractivity contribution >= 4 is 8.25 Å². The van der Waals surface area contributed by atoms with E-state index in [-0.39, 0.29) is 106 Å². The smallest absolute Gasteiger partial charge is 1.00 e. The van der Waals surface area contributed by atoms with Crippen molar-refractivity contribution in [3.05, 3.63) is 0 Å². The first-order chi connectivity index (χ1) is 7.77. The second-order valence-electron chi connectivity index (χ2n) is 4.25. The van der Waals surface area contributed by atoms with Gasteiger partial charge in [-0.2, -0.15) is 0 Å². The Morgan fingerprint density at radius 3 is 1.67 bits per heavy atom. The molecule has 0 aliphatic carbocycles. The van der Waals surface area contributed by atoms with Gasteiger partial charge in [-0.15, -0.1) is 9.42 Å². The molecule has 18 heavy (non-hydrogen) atoms. The zero-order valence-electron chi connectivity index (χ0n) is 14.5. The van der Waals surface area contributed by atoms with E-state index in [1.54, 1.807) is 0 Å². The fraction of sp³-hybridized carbons (Fsp3) is 1.00. The van der Waals surface area contributed by atoms with Gasteiger partial charge in [-0.25, -0.2) is 0 Å². The molecule has 0 aliphatic heterocycles. The summed E-state index contributed by atoms with van der Waals surface area (Å²) in [5, 5.41) is 0. The predicted molar refractivity (Wildman–Crippen MR) is 69.8 cm³/mol. The molecule has 0 bridgehead atoms. The predicted octanol–water partition coefficient (Wildman–Crippen LogP) is -1.19. The van der Waals surface area contributed by atoms with Crippen LogP contribution in [0.4, 0.5) is 0 Å². The molecule has 100 valence electrons. The molecule has 0 aromatic carbocycles. The Morgan fingerprint density at radius 2 is 1.28 bits per heavy atom. The van der Waals surface area contributed by atoms with E-state index < -0.39 is 8.25 Å². The molecule has 0 radical (unpaired) electrons. The van der Waals surface area contributed by atoms with Gasteiger partial charge in [0.15, 0.2) is 0 Å². The second-order valence-corrected chi connectivity index (χ2v) is 4.99. The van der Waals surface area contributed by atoms with Gasteiger partial charge in [0.1, 0.15) is 6.61 Å². The number of rotatable bonds is 12. The van der Waals surface area contributed by atoms with Gasteiger partial charge in [-0.3, -0.25) is 0 Å². The van der Waals surface area contributed by atoms with Crippen LogP contribution in [-0.4, -0.2) is 11.5 Å². The molecule has 0 saturated carbocycles. The van der Waals surface area contributed by atoms with E-state index in [4.69, 9.17) is 4.89 Å². The van der Waals surface area contributed by atoms with Crippen LogP contribution >= 0.6 is 8.25 Å². The van der Waals surface area contributed by atoms with Crippen molar-refractivity contribution < 1.29 is 120 Å². The van der Waals surface area contributed by atoms with Gasteiger partial charge in [-0.05, 0) is 6.42 Å². The molecule has 6 heteroatoms. The maximum Gasteiger partial charge on any atom is 1.00 e. The summed E-state index contributed by atoms with van der Waals surface area (Å²) >= 11 is 0. The minimum absolute atomic E-state index is 0. The van der Waals surface area contributed by atoms with Gasteiger partial charge in [0.2, 0.25) is 0 Å². The van der Waals surface area contributed by atoms with Crippen LogP contribution in [0.1, 0.15) is 74.0 Å². The quantitative estimate of drug-likeness (QED) is 0.278. The Balaban J connectivity index is -0.000000187. The molecule has 1 atom stereocenters. The number of hydrogen-bond donors (Lipinski definition) is 1. The van der Waals surface area contributed by atoms with E-state index in [9.17, 15) is 4.57 Å². The molecule has 0 heterocycles. The zero-order valence-corrected chi connectivity index (χ0v) is 19.6. The van der Waals surface area contributed by atoms with Crippen LogP contribution < -0.4 is 103 Å². The van der Waals surface area contributed by atoms with Crippen LogP contribution in [0.25, 0.3) is 0 Å². The van der Waals surface area contributed by atoms with Gasteiger partial charge >= 0.3 is 111 Å². The summed E-state index contributed by atoms with van der Waals surface area (Å²) in [4.78, 5) is 8.38. The Labute approximate surface area is 201 Å². The van der Waals surface area contributed by atoms with E-state index in [1.165, 1.54) is 51.4 Å². The van der Waals surface area contributed by atoms with Crippen LogP contribution in [0.15, 0.2) is 0 Å². The molecular weight excluding hydrogens is 301 g/mol. The fourth-order valence-electron chi connectivity index (χ4n) is 1.73. The van der Waals surface area contributed by atoms with Crippen molar-refractivity contribution in [2.75, 3.05) is 6.61 Å². The number of hydrogen-bond acceptors (Lipinski definition) is 2. The van der Waals surface area contributed by atoms with Crippen LogP contribution in [0.3, 0.4) is 0 Å². The van der Waals surface area contributed by atoms with Crippen molar-refractivity contribution in [1.29, 1.82) is 0 Å². The van der Waals surface area contributed by atoms with Crippen LogP contribution in [0.2, 0.25) is 0 Å². The third-order valence-corrected chi connectivity index (χ3v) is 3.10. The fourth-order valence-corrected chi connectivity index (χ4v) is 2.02. The molecular formula is C12H28K2O3P+. The summed E-state index contributed by atoms with van der Waals surface area (Å²) in [5.41, 5.74) is 0.